The Balaban J connectivity index is 1.31. The van der Waals surface area contributed by atoms with Crippen LogP contribution in [0.15, 0.2) is 78.2 Å². The highest BCUT2D eigenvalue weighted by Gasteiger charge is 2.11. The fraction of sp³-hybridized carbons (Fsp3) is 0.115. The molecule has 2 N–H and O–H groups in total. The van der Waals surface area contributed by atoms with Crippen LogP contribution >= 0.6 is 11.3 Å². The third kappa shape index (κ3) is 6.49. The van der Waals surface area contributed by atoms with Crippen molar-refractivity contribution < 1.29 is 18.7 Å². The van der Waals surface area contributed by atoms with Gasteiger partial charge in [-0.15, -0.1) is 11.3 Å². The van der Waals surface area contributed by atoms with Crippen LogP contribution in [0.5, 0.6) is 5.75 Å². The average molecular weight is 476 g/mol. The van der Waals surface area contributed by atoms with Gasteiger partial charge in [0.15, 0.2) is 0 Å². The number of aryl methyl sites for hydroxylation is 1. The van der Waals surface area contributed by atoms with Gasteiger partial charge in [-0.25, -0.2) is 9.37 Å². The molecule has 4 aromatic rings. The predicted octanol–water partition coefficient (Wildman–Crippen LogP) is 5.60. The summed E-state index contributed by atoms with van der Waals surface area (Å²) in [5.41, 5.74) is 2.98. The number of hydrogen-bond acceptors (Lipinski definition) is 5. The first kappa shape index (κ1) is 23.1. The van der Waals surface area contributed by atoms with Gasteiger partial charge in [0, 0.05) is 22.3 Å². The molecular formula is C26H22FN3O3S. The lowest BCUT2D eigenvalue weighted by molar-refractivity contribution is -0.115. The normalized spacial score (nSPS) is 10.5. The molecule has 6 nitrogen and oxygen atoms in total. The molecule has 0 aliphatic rings. The number of carbonyl (C=O) groups excluding carboxylic acids is 2. The Morgan fingerprint density at radius 2 is 1.71 bits per heavy atom. The van der Waals surface area contributed by atoms with Crippen LogP contribution in [0.2, 0.25) is 0 Å². The summed E-state index contributed by atoms with van der Waals surface area (Å²) in [6.45, 7) is 2.34. The summed E-state index contributed by atoms with van der Waals surface area (Å²) in [4.78, 5) is 29.4. The number of carbonyl (C=O) groups is 2. The summed E-state index contributed by atoms with van der Waals surface area (Å²) in [6.07, 6.45) is 0.0980. The first-order chi connectivity index (χ1) is 16.4. The van der Waals surface area contributed by atoms with Crippen molar-refractivity contribution in [3.05, 3.63) is 106 Å². The number of anilines is 2. The number of nitrogens with one attached hydrogen (secondary N) is 2. The van der Waals surface area contributed by atoms with Crippen LogP contribution in [-0.2, 0) is 17.8 Å². The van der Waals surface area contributed by atoms with Crippen molar-refractivity contribution in [2.75, 3.05) is 10.6 Å². The smallest absolute Gasteiger partial charge is 0.255 e. The Kier molecular flexibility index (Phi) is 7.29. The number of ether oxygens (including phenoxy) is 1. The first-order valence-electron chi connectivity index (χ1n) is 10.5. The standard InChI is InChI=1S/C26H22FN3O3S/c1-17-8-10-23(11-9-17)33-15-25-29-22(16-34-25)14-24(31)28-20-6-2-4-18(12-20)26(32)30-21-7-3-5-19(27)13-21/h2-13,16H,14-15H2,1H3,(H,28,31)(H,30,32). The quantitative estimate of drug-likeness (QED) is 0.348. The minimum atomic E-state index is -0.439. The van der Waals surface area contributed by atoms with Crippen molar-refractivity contribution in [1.82, 2.24) is 4.98 Å². The fourth-order valence-electron chi connectivity index (χ4n) is 3.15. The zero-order valence-corrected chi connectivity index (χ0v) is 19.2. The topological polar surface area (TPSA) is 80.3 Å². The molecule has 1 heterocycles. The van der Waals surface area contributed by atoms with Crippen LogP contribution in [-0.4, -0.2) is 16.8 Å². The number of amides is 2. The molecule has 1 aromatic heterocycles. The summed E-state index contributed by atoms with van der Waals surface area (Å²) >= 11 is 1.43. The number of benzene rings is 3. The van der Waals surface area contributed by atoms with Gasteiger partial charge < -0.3 is 15.4 Å². The largest absolute Gasteiger partial charge is 0.486 e. The van der Waals surface area contributed by atoms with Crippen molar-refractivity contribution in [1.29, 1.82) is 0 Å². The van der Waals surface area contributed by atoms with Crippen LogP contribution < -0.4 is 15.4 Å². The molecule has 0 fully saturated rings. The maximum atomic E-state index is 13.3. The monoisotopic (exact) mass is 475 g/mol. The van der Waals surface area contributed by atoms with Gasteiger partial charge in [-0.2, -0.15) is 0 Å². The molecule has 0 aliphatic carbocycles. The zero-order chi connectivity index (χ0) is 23.9. The van der Waals surface area contributed by atoms with Crippen molar-refractivity contribution in [2.45, 2.75) is 20.0 Å². The molecule has 172 valence electrons. The predicted molar refractivity (Wildman–Crippen MR) is 131 cm³/mol. The van der Waals surface area contributed by atoms with E-state index in [1.54, 1.807) is 30.3 Å². The van der Waals surface area contributed by atoms with E-state index in [1.165, 1.54) is 29.5 Å². The van der Waals surface area contributed by atoms with Gasteiger partial charge in [0.25, 0.3) is 5.91 Å². The average Bonchev–Trinajstić information content (AvgIpc) is 3.26. The Morgan fingerprint density at radius 3 is 2.47 bits per heavy atom. The highest BCUT2D eigenvalue weighted by molar-refractivity contribution is 7.09. The number of nitrogens with zero attached hydrogens (tertiary/aromatic N) is 1. The number of hydrogen-bond donors (Lipinski definition) is 2. The molecule has 0 radical (unpaired) electrons. The second-order valence-electron chi connectivity index (χ2n) is 7.60. The molecule has 8 heteroatoms. The molecule has 2 amide bonds. The van der Waals surface area contributed by atoms with Gasteiger partial charge in [0.2, 0.25) is 5.91 Å². The summed E-state index contributed by atoms with van der Waals surface area (Å²) in [5.74, 6) is -0.328. The van der Waals surface area contributed by atoms with E-state index in [-0.39, 0.29) is 12.3 Å². The molecule has 0 unspecified atom stereocenters. The molecule has 0 bridgehead atoms. The zero-order valence-electron chi connectivity index (χ0n) is 18.4. The molecule has 3 aromatic carbocycles. The second kappa shape index (κ2) is 10.7. The highest BCUT2D eigenvalue weighted by atomic mass is 32.1. The third-order valence-corrected chi connectivity index (χ3v) is 5.69. The van der Waals surface area contributed by atoms with E-state index in [0.29, 0.717) is 29.2 Å². The molecule has 34 heavy (non-hydrogen) atoms. The first-order valence-corrected chi connectivity index (χ1v) is 11.4. The molecule has 0 atom stereocenters. The lowest BCUT2D eigenvalue weighted by Gasteiger charge is -2.08. The van der Waals surface area contributed by atoms with Gasteiger partial charge in [0.05, 0.1) is 12.1 Å². The Labute approximate surface area is 200 Å². The van der Waals surface area contributed by atoms with Gasteiger partial charge >= 0.3 is 0 Å². The molecule has 4 rings (SSSR count). The van der Waals surface area contributed by atoms with Crippen LogP contribution in [0.4, 0.5) is 15.8 Å². The van der Waals surface area contributed by atoms with Crippen molar-refractivity contribution >= 4 is 34.5 Å². The van der Waals surface area contributed by atoms with Gasteiger partial charge in [-0.3, -0.25) is 9.59 Å². The minimum Gasteiger partial charge on any atom is -0.486 e. The van der Waals surface area contributed by atoms with E-state index in [0.717, 1.165) is 16.3 Å². The summed E-state index contributed by atoms with van der Waals surface area (Å²) in [6, 6.07) is 20.0. The van der Waals surface area contributed by atoms with Crippen molar-refractivity contribution in [2.24, 2.45) is 0 Å². The maximum absolute atomic E-state index is 13.3. The lowest BCUT2D eigenvalue weighted by atomic mass is 10.1. The molecule has 0 saturated carbocycles. The van der Waals surface area contributed by atoms with Crippen LogP contribution in [0, 0.1) is 12.7 Å². The summed E-state index contributed by atoms with van der Waals surface area (Å²) in [5, 5.41) is 8.03. The molecule has 0 spiro atoms. The number of aromatic nitrogens is 1. The van der Waals surface area contributed by atoms with E-state index in [1.807, 2.05) is 36.6 Å². The second-order valence-corrected chi connectivity index (χ2v) is 8.55. The third-order valence-electron chi connectivity index (χ3n) is 4.82. The Hall–Kier alpha value is -4.04. The SMILES string of the molecule is Cc1ccc(OCc2nc(CC(=O)Nc3cccc(C(=O)Nc4cccc(F)c4)c3)cs2)cc1. The number of rotatable bonds is 8. The van der Waals surface area contributed by atoms with Crippen LogP contribution in [0.25, 0.3) is 0 Å². The van der Waals surface area contributed by atoms with Gasteiger partial charge in [-0.1, -0.05) is 29.8 Å². The number of halogens is 1. The van der Waals surface area contributed by atoms with Crippen LogP contribution in [0.3, 0.4) is 0 Å². The van der Waals surface area contributed by atoms with E-state index in [2.05, 4.69) is 15.6 Å². The van der Waals surface area contributed by atoms with Gasteiger partial charge in [-0.05, 0) is 55.5 Å². The fourth-order valence-corrected chi connectivity index (χ4v) is 3.86. The lowest BCUT2D eigenvalue weighted by Crippen LogP contribution is -2.16. The molecule has 0 aliphatic heterocycles. The molecule has 0 saturated heterocycles. The van der Waals surface area contributed by atoms with Crippen molar-refractivity contribution in [3.63, 3.8) is 0 Å². The highest BCUT2D eigenvalue weighted by Crippen LogP contribution is 2.18. The number of thiazole rings is 1. The molecular weight excluding hydrogens is 453 g/mol. The van der Waals surface area contributed by atoms with E-state index in [9.17, 15) is 14.0 Å². The van der Waals surface area contributed by atoms with E-state index < -0.39 is 11.7 Å². The Morgan fingerprint density at radius 1 is 0.971 bits per heavy atom. The van der Waals surface area contributed by atoms with Gasteiger partial charge in [0.1, 0.15) is 23.2 Å². The van der Waals surface area contributed by atoms with Crippen molar-refractivity contribution in [3.8, 4) is 5.75 Å². The maximum Gasteiger partial charge on any atom is 0.255 e. The van der Waals surface area contributed by atoms with Crippen LogP contribution in [0.1, 0.15) is 26.6 Å². The van der Waals surface area contributed by atoms with E-state index >= 15 is 0 Å². The summed E-state index contributed by atoms with van der Waals surface area (Å²) in [7, 11) is 0. The van der Waals surface area contributed by atoms with E-state index in [4.69, 9.17) is 4.74 Å². The minimum absolute atomic E-state index is 0.0980. The summed E-state index contributed by atoms with van der Waals surface area (Å²) < 4.78 is 19.1. The Bertz CT molecular complexity index is 1300.